The lowest BCUT2D eigenvalue weighted by molar-refractivity contribution is 0.0753. The molecule has 0 spiro atoms. The molecule has 1 atom stereocenters. The Morgan fingerprint density at radius 3 is 1.90 bits per heavy atom. The second kappa shape index (κ2) is 8.08. The molecule has 3 aromatic carbocycles. The summed E-state index contributed by atoms with van der Waals surface area (Å²) >= 11 is 0. The Morgan fingerprint density at radius 2 is 1.35 bits per heavy atom. The average molecular weight is 414 g/mol. The van der Waals surface area contributed by atoms with Gasteiger partial charge in [0.15, 0.2) is 0 Å². The van der Waals surface area contributed by atoms with E-state index in [0.717, 1.165) is 53.7 Å². The smallest absolute Gasteiger partial charge is 0.248 e. The molecule has 1 aromatic heterocycles. The number of ether oxygens (including phenoxy) is 1. The van der Waals surface area contributed by atoms with E-state index in [1.54, 1.807) is 7.11 Å². The largest absolute Gasteiger partial charge is 0.497 e. The number of piperazine rings is 1. The van der Waals surface area contributed by atoms with Gasteiger partial charge in [0.05, 0.1) is 24.2 Å². The van der Waals surface area contributed by atoms with Gasteiger partial charge in [-0.25, -0.2) is 0 Å². The topological polar surface area (TPSA) is 37.7 Å². The molecule has 0 radical (unpaired) electrons. The van der Waals surface area contributed by atoms with Crippen LogP contribution in [0.1, 0.15) is 11.7 Å². The lowest BCUT2D eigenvalue weighted by Crippen LogP contribution is -2.52. The zero-order chi connectivity index (χ0) is 21.4. The normalized spacial score (nSPS) is 16.0. The van der Waals surface area contributed by atoms with Crippen molar-refractivity contribution in [2.75, 3.05) is 38.2 Å². The van der Waals surface area contributed by atoms with Crippen LogP contribution in [0.3, 0.4) is 0 Å². The van der Waals surface area contributed by atoms with Crippen LogP contribution >= 0.6 is 0 Å². The first-order chi connectivity index (χ1) is 15.2. The summed E-state index contributed by atoms with van der Waals surface area (Å²) in [7, 11) is 1.68. The summed E-state index contributed by atoms with van der Waals surface area (Å²) in [5.74, 6) is 1.00. The number of nitrogens with zero attached hydrogens (tertiary/aromatic N) is 3. The van der Waals surface area contributed by atoms with Crippen LogP contribution < -0.4 is 9.64 Å². The molecule has 1 aliphatic rings. The van der Waals surface area contributed by atoms with Crippen LogP contribution in [-0.2, 0) is 0 Å². The van der Waals surface area contributed by atoms with Crippen LogP contribution in [0.5, 0.6) is 5.75 Å². The Hall–Kier alpha value is -3.31. The number of hydrogen-bond acceptors (Lipinski definition) is 4. The van der Waals surface area contributed by atoms with Gasteiger partial charge in [0.2, 0.25) is 5.91 Å². The van der Waals surface area contributed by atoms with Crippen LogP contribution in [0.25, 0.3) is 21.8 Å². The van der Waals surface area contributed by atoms with Gasteiger partial charge in [-0.05, 0) is 43.3 Å². The highest BCUT2D eigenvalue weighted by atomic mass is 16.5. The molecular weight excluding hydrogens is 386 g/mol. The van der Waals surface area contributed by atoms with Crippen LogP contribution in [0.4, 0.5) is 5.69 Å². The molecule has 5 rings (SSSR count). The quantitative estimate of drug-likeness (QED) is 0.488. The van der Waals surface area contributed by atoms with Gasteiger partial charge < -0.3 is 9.64 Å². The van der Waals surface area contributed by atoms with Crippen LogP contribution in [0, 0.1) is 0 Å². The predicted molar refractivity (Wildman–Crippen MR) is 126 cm³/mol. The Bertz CT molecular complexity index is 1170. The van der Waals surface area contributed by atoms with E-state index in [-0.39, 0.29) is 11.9 Å². The molecule has 5 heteroatoms. The summed E-state index contributed by atoms with van der Waals surface area (Å²) in [5, 5.41) is 2.26. The zero-order valence-corrected chi connectivity index (χ0v) is 18.0. The third-order valence-electron chi connectivity index (χ3n) is 6.46. The van der Waals surface area contributed by atoms with E-state index in [1.165, 1.54) is 5.69 Å². The van der Waals surface area contributed by atoms with Crippen molar-refractivity contribution in [3.8, 4) is 5.75 Å². The molecule has 0 bridgehead atoms. The summed E-state index contributed by atoms with van der Waals surface area (Å²) in [6.07, 6.45) is 0. The fraction of sp³-hybridized carbons (Fsp3) is 0.269. The van der Waals surface area contributed by atoms with Gasteiger partial charge in [0, 0.05) is 42.6 Å². The molecule has 1 fully saturated rings. The number of rotatable bonds is 4. The zero-order valence-electron chi connectivity index (χ0n) is 18.0. The highest BCUT2D eigenvalue weighted by molar-refractivity contribution is 6.13. The first-order valence-corrected chi connectivity index (χ1v) is 10.8. The van der Waals surface area contributed by atoms with Gasteiger partial charge in [-0.15, -0.1) is 0 Å². The Kier molecular flexibility index (Phi) is 5.12. The molecule has 1 aliphatic heterocycles. The number of carbonyl (C=O) groups excluding carboxylic acids is 1. The van der Waals surface area contributed by atoms with Crippen LogP contribution in [-0.4, -0.2) is 54.7 Å². The molecule has 0 unspecified atom stereocenters. The lowest BCUT2D eigenvalue weighted by atomic mass is 10.2. The van der Waals surface area contributed by atoms with Crippen LogP contribution in [0.15, 0.2) is 72.8 Å². The summed E-state index contributed by atoms with van der Waals surface area (Å²) in [4.78, 5) is 18.3. The molecular formula is C26H27N3O2. The van der Waals surface area contributed by atoms with Crippen molar-refractivity contribution in [1.29, 1.82) is 0 Å². The molecule has 0 saturated carbocycles. The molecule has 0 aliphatic carbocycles. The molecule has 31 heavy (non-hydrogen) atoms. The Labute approximate surface area is 182 Å². The molecule has 0 N–H and O–H groups in total. The first-order valence-electron chi connectivity index (χ1n) is 10.8. The summed E-state index contributed by atoms with van der Waals surface area (Å²) in [6, 6.07) is 24.4. The van der Waals surface area contributed by atoms with Crippen molar-refractivity contribution in [1.82, 2.24) is 9.47 Å². The van der Waals surface area contributed by atoms with E-state index in [0.29, 0.717) is 0 Å². The molecule has 2 heterocycles. The average Bonchev–Trinajstić information content (AvgIpc) is 3.18. The lowest BCUT2D eigenvalue weighted by Gasteiger charge is -2.38. The van der Waals surface area contributed by atoms with Crippen molar-refractivity contribution >= 4 is 33.4 Å². The molecule has 158 valence electrons. The SMILES string of the molecule is COc1ccc(N2CCN([C@H](C)C(=O)n3c4ccccc4c4ccccc43)CC2)cc1. The maximum atomic E-state index is 13.6. The van der Waals surface area contributed by atoms with Crippen LogP contribution in [0.2, 0.25) is 0 Å². The monoisotopic (exact) mass is 413 g/mol. The summed E-state index contributed by atoms with van der Waals surface area (Å²) < 4.78 is 7.17. The predicted octanol–water partition coefficient (Wildman–Crippen LogP) is 4.65. The maximum absolute atomic E-state index is 13.6. The second-order valence-electron chi connectivity index (χ2n) is 8.10. The number of hydrogen-bond donors (Lipinski definition) is 0. The van der Waals surface area contributed by atoms with Crippen molar-refractivity contribution in [2.24, 2.45) is 0 Å². The fourth-order valence-electron chi connectivity index (χ4n) is 4.66. The van der Waals surface area contributed by atoms with E-state index in [4.69, 9.17) is 4.74 Å². The highest BCUT2D eigenvalue weighted by Gasteiger charge is 2.28. The summed E-state index contributed by atoms with van der Waals surface area (Å²) in [6.45, 7) is 5.55. The Morgan fingerprint density at radius 1 is 0.806 bits per heavy atom. The van der Waals surface area contributed by atoms with Gasteiger partial charge in [-0.3, -0.25) is 14.3 Å². The molecule has 0 amide bonds. The van der Waals surface area contributed by atoms with Crippen molar-refractivity contribution in [3.63, 3.8) is 0 Å². The minimum Gasteiger partial charge on any atom is -0.497 e. The van der Waals surface area contributed by atoms with Crippen molar-refractivity contribution < 1.29 is 9.53 Å². The van der Waals surface area contributed by atoms with E-state index in [9.17, 15) is 4.79 Å². The third-order valence-corrected chi connectivity index (χ3v) is 6.46. The number of anilines is 1. The van der Waals surface area contributed by atoms with Gasteiger partial charge in [-0.1, -0.05) is 36.4 Å². The first kappa shape index (κ1) is 19.6. The fourth-order valence-corrected chi connectivity index (χ4v) is 4.66. The van der Waals surface area contributed by atoms with Gasteiger partial charge >= 0.3 is 0 Å². The summed E-state index contributed by atoms with van der Waals surface area (Å²) in [5.41, 5.74) is 3.16. The molecule has 5 nitrogen and oxygen atoms in total. The second-order valence-corrected chi connectivity index (χ2v) is 8.10. The van der Waals surface area contributed by atoms with Crippen molar-refractivity contribution in [3.05, 3.63) is 72.8 Å². The van der Waals surface area contributed by atoms with Gasteiger partial charge in [0.25, 0.3) is 0 Å². The van der Waals surface area contributed by atoms with Gasteiger partial charge in [-0.2, -0.15) is 0 Å². The van der Waals surface area contributed by atoms with E-state index >= 15 is 0 Å². The van der Waals surface area contributed by atoms with Gasteiger partial charge in [0.1, 0.15) is 5.75 Å². The number of benzene rings is 3. The number of fused-ring (bicyclic) bond motifs is 3. The third kappa shape index (κ3) is 3.45. The molecule has 4 aromatic rings. The standard InChI is InChI=1S/C26H27N3O2/c1-19(27-15-17-28(18-16-27)20-11-13-21(31-2)14-12-20)26(30)29-24-9-5-3-7-22(24)23-8-4-6-10-25(23)29/h3-14,19H,15-18H2,1-2H3/t19-/m1/s1. The van der Waals surface area contributed by atoms with Crippen molar-refractivity contribution in [2.45, 2.75) is 13.0 Å². The number of aromatic nitrogens is 1. The number of methoxy groups -OCH3 is 1. The molecule has 1 saturated heterocycles. The Balaban J connectivity index is 1.36. The highest BCUT2D eigenvalue weighted by Crippen LogP contribution is 2.29. The number of carbonyl (C=O) groups is 1. The maximum Gasteiger partial charge on any atom is 0.248 e. The number of para-hydroxylation sites is 2. The van der Waals surface area contributed by atoms with E-state index < -0.39 is 0 Å². The minimum atomic E-state index is -0.183. The van der Waals surface area contributed by atoms with E-state index in [1.807, 2.05) is 60.0 Å². The van der Waals surface area contributed by atoms with E-state index in [2.05, 4.69) is 34.1 Å². The minimum absolute atomic E-state index is 0.135.